The second-order valence-corrected chi connectivity index (χ2v) is 8.82. The predicted molar refractivity (Wildman–Crippen MR) is 139 cm³/mol. The monoisotopic (exact) mass is 525 g/mol. The van der Waals surface area contributed by atoms with E-state index in [1.165, 1.54) is 0 Å². The summed E-state index contributed by atoms with van der Waals surface area (Å²) >= 11 is 12.3. The average molecular weight is 526 g/mol. The molecular weight excluding hydrogens is 501 g/mol. The Balaban J connectivity index is 1.50. The smallest absolute Gasteiger partial charge is 0.255 e. The zero-order valence-electron chi connectivity index (χ0n) is 19.9. The average Bonchev–Trinajstić information content (AvgIpc) is 3.38. The topological polar surface area (TPSA) is 77.7 Å². The highest BCUT2D eigenvalue weighted by atomic mass is 35.5. The fourth-order valence-corrected chi connectivity index (χ4v) is 4.07. The molecule has 9 heteroatoms. The van der Waals surface area contributed by atoms with E-state index in [0.717, 1.165) is 11.1 Å². The van der Waals surface area contributed by atoms with Gasteiger partial charge in [-0.3, -0.25) is 4.79 Å². The fraction of sp³-hybridized carbons (Fsp3) is 0.222. The number of hydrogen-bond donors (Lipinski definition) is 0. The van der Waals surface area contributed by atoms with Crippen LogP contribution in [0.5, 0.6) is 11.5 Å². The van der Waals surface area contributed by atoms with Gasteiger partial charge in [-0.1, -0.05) is 46.6 Å². The van der Waals surface area contributed by atoms with Crippen molar-refractivity contribution < 1.29 is 18.8 Å². The van der Waals surface area contributed by atoms with Crippen LogP contribution in [0.25, 0.3) is 11.4 Å². The first-order valence-corrected chi connectivity index (χ1v) is 12.1. The van der Waals surface area contributed by atoms with Crippen molar-refractivity contribution in [3.63, 3.8) is 0 Å². The highest BCUT2D eigenvalue weighted by Gasteiger charge is 2.20. The summed E-state index contributed by atoms with van der Waals surface area (Å²) < 4.78 is 16.2. The van der Waals surface area contributed by atoms with Gasteiger partial charge in [0.2, 0.25) is 11.7 Å². The van der Waals surface area contributed by atoms with E-state index in [1.54, 1.807) is 55.5 Å². The number of rotatable bonds is 10. The molecule has 4 rings (SSSR count). The van der Waals surface area contributed by atoms with Gasteiger partial charge in [0.1, 0.15) is 0 Å². The van der Waals surface area contributed by atoms with Crippen molar-refractivity contribution in [3.8, 4) is 22.9 Å². The molecule has 0 aliphatic heterocycles. The Bertz CT molecular complexity index is 1320. The van der Waals surface area contributed by atoms with Crippen molar-refractivity contribution >= 4 is 29.1 Å². The Morgan fingerprint density at radius 3 is 2.36 bits per heavy atom. The zero-order chi connectivity index (χ0) is 25.5. The van der Waals surface area contributed by atoms with Gasteiger partial charge < -0.3 is 18.9 Å². The maximum atomic E-state index is 13.4. The Morgan fingerprint density at radius 1 is 0.917 bits per heavy atom. The van der Waals surface area contributed by atoms with Gasteiger partial charge in [0.05, 0.1) is 24.8 Å². The normalized spacial score (nSPS) is 10.8. The first kappa shape index (κ1) is 25.5. The number of amides is 1. The number of benzene rings is 3. The van der Waals surface area contributed by atoms with Gasteiger partial charge in [-0.2, -0.15) is 4.98 Å². The minimum atomic E-state index is -0.168. The van der Waals surface area contributed by atoms with Crippen molar-refractivity contribution in [1.82, 2.24) is 15.0 Å². The van der Waals surface area contributed by atoms with Gasteiger partial charge >= 0.3 is 0 Å². The maximum absolute atomic E-state index is 13.4. The van der Waals surface area contributed by atoms with E-state index >= 15 is 0 Å². The molecule has 0 N–H and O–H groups in total. The largest absolute Gasteiger partial charge is 0.493 e. The van der Waals surface area contributed by atoms with E-state index in [4.69, 9.17) is 37.2 Å². The number of methoxy groups -OCH3 is 2. The summed E-state index contributed by atoms with van der Waals surface area (Å²) in [7, 11) is 3.19. The summed E-state index contributed by atoms with van der Waals surface area (Å²) in [6.45, 7) is 0.831. The van der Waals surface area contributed by atoms with E-state index in [2.05, 4.69) is 10.1 Å². The quantitative estimate of drug-likeness (QED) is 0.253. The molecular formula is C27H25Cl2N3O4. The summed E-state index contributed by atoms with van der Waals surface area (Å²) in [5.41, 5.74) is 2.25. The third-order valence-electron chi connectivity index (χ3n) is 5.68. The van der Waals surface area contributed by atoms with Gasteiger partial charge in [-0.15, -0.1) is 0 Å². The second kappa shape index (κ2) is 11.9. The molecule has 0 fully saturated rings. The minimum absolute atomic E-state index is 0.168. The lowest BCUT2D eigenvalue weighted by Gasteiger charge is -2.23. The molecule has 0 aliphatic rings. The predicted octanol–water partition coefficient (Wildman–Crippen LogP) is 5.99. The van der Waals surface area contributed by atoms with E-state index < -0.39 is 0 Å². The highest BCUT2D eigenvalue weighted by molar-refractivity contribution is 6.33. The number of carbonyl (C=O) groups is 1. The van der Waals surface area contributed by atoms with Gasteiger partial charge in [-0.25, -0.2) is 0 Å². The summed E-state index contributed by atoms with van der Waals surface area (Å²) in [4.78, 5) is 19.6. The third kappa shape index (κ3) is 6.17. The molecule has 186 valence electrons. The molecule has 36 heavy (non-hydrogen) atoms. The molecule has 0 atom stereocenters. The minimum Gasteiger partial charge on any atom is -0.493 e. The summed E-state index contributed by atoms with van der Waals surface area (Å²) in [6, 6.07) is 19.9. The molecule has 3 aromatic carbocycles. The van der Waals surface area contributed by atoms with Crippen LogP contribution in [0.4, 0.5) is 0 Å². The van der Waals surface area contributed by atoms with Crippen molar-refractivity contribution in [2.45, 2.75) is 12.8 Å². The molecule has 0 unspecified atom stereocenters. The molecule has 0 saturated heterocycles. The lowest BCUT2D eigenvalue weighted by molar-refractivity contribution is 0.0756. The molecule has 0 saturated carbocycles. The first-order chi connectivity index (χ1) is 17.5. The van der Waals surface area contributed by atoms with Crippen molar-refractivity contribution in [3.05, 3.63) is 93.8 Å². The van der Waals surface area contributed by atoms with Crippen molar-refractivity contribution in [2.24, 2.45) is 0 Å². The second-order valence-electron chi connectivity index (χ2n) is 7.98. The highest BCUT2D eigenvalue weighted by Crippen LogP contribution is 2.28. The zero-order valence-corrected chi connectivity index (χ0v) is 21.4. The number of hydrogen-bond acceptors (Lipinski definition) is 6. The van der Waals surface area contributed by atoms with E-state index in [1.807, 2.05) is 30.3 Å². The van der Waals surface area contributed by atoms with Crippen LogP contribution in [0, 0.1) is 0 Å². The van der Waals surface area contributed by atoms with Crippen LogP contribution >= 0.6 is 23.2 Å². The Morgan fingerprint density at radius 2 is 1.64 bits per heavy atom. The Kier molecular flexibility index (Phi) is 8.46. The Hall–Kier alpha value is -3.55. The van der Waals surface area contributed by atoms with Gasteiger partial charge in [0.15, 0.2) is 11.5 Å². The molecule has 0 aliphatic carbocycles. The molecule has 1 aromatic heterocycles. The molecule has 0 spiro atoms. The molecule has 7 nitrogen and oxygen atoms in total. The molecule has 0 bridgehead atoms. The first-order valence-electron chi connectivity index (χ1n) is 11.3. The van der Waals surface area contributed by atoms with E-state index in [-0.39, 0.29) is 5.91 Å². The van der Waals surface area contributed by atoms with E-state index in [0.29, 0.717) is 64.8 Å². The van der Waals surface area contributed by atoms with E-state index in [9.17, 15) is 4.79 Å². The third-order valence-corrected chi connectivity index (χ3v) is 6.26. The van der Waals surface area contributed by atoms with Crippen LogP contribution in [0.2, 0.25) is 10.0 Å². The Labute approximate surface area is 219 Å². The number of ether oxygens (including phenoxy) is 2. The van der Waals surface area contributed by atoms with Gasteiger partial charge in [-0.05, 0) is 60.5 Å². The van der Waals surface area contributed by atoms with Crippen LogP contribution in [0.1, 0.15) is 21.8 Å². The summed E-state index contributed by atoms with van der Waals surface area (Å²) in [6.07, 6.45) is 0.999. The standard InChI is InChI=1S/C27H25Cl2N3O4/c1-34-23-12-7-18(17-24(23)35-2)13-15-32(27(33)21-5-3-4-6-22(21)29)16-14-25-30-26(31-36-25)19-8-10-20(28)11-9-19/h3-12,17H,13-16H2,1-2H3. The SMILES string of the molecule is COc1ccc(CCN(CCc2nc(-c3ccc(Cl)cc3)no2)C(=O)c2ccccc2Cl)cc1OC. The van der Waals surface area contributed by atoms with Crippen molar-refractivity contribution in [1.29, 1.82) is 0 Å². The molecule has 0 radical (unpaired) electrons. The summed E-state index contributed by atoms with van der Waals surface area (Å²) in [5, 5.41) is 5.10. The number of halogens is 2. The van der Waals surface area contributed by atoms with Crippen LogP contribution < -0.4 is 9.47 Å². The lowest BCUT2D eigenvalue weighted by Crippen LogP contribution is -2.35. The number of aromatic nitrogens is 2. The van der Waals surface area contributed by atoms with Crippen LogP contribution in [-0.2, 0) is 12.8 Å². The number of carbonyl (C=O) groups excluding carboxylic acids is 1. The van der Waals surface area contributed by atoms with Crippen LogP contribution in [0.15, 0.2) is 71.3 Å². The molecule has 1 amide bonds. The van der Waals surface area contributed by atoms with Gasteiger partial charge in [0.25, 0.3) is 5.91 Å². The summed E-state index contributed by atoms with van der Waals surface area (Å²) in [5.74, 6) is 2.02. The molecule has 4 aromatic rings. The maximum Gasteiger partial charge on any atom is 0.255 e. The lowest BCUT2D eigenvalue weighted by atomic mass is 10.1. The van der Waals surface area contributed by atoms with Crippen LogP contribution in [0.3, 0.4) is 0 Å². The van der Waals surface area contributed by atoms with Crippen molar-refractivity contribution in [2.75, 3.05) is 27.3 Å². The number of nitrogens with zero attached hydrogens (tertiary/aromatic N) is 3. The van der Waals surface area contributed by atoms with Crippen LogP contribution in [-0.4, -0.2) is 48.3 Å². The van der Waals surface area contributed by atoms with Gasteiger partial charge in [0, 0.05) is 30.1 Å². The fourth-order valence-electron chi connectivity index (χ4n) is 3.72. The molecule has 1 heterocycles.